The highest BCUT2D eigenvalue weighted by Gasteiger charge is 2.45. The third kappa shape index (κ3) is 2.21. The Morgan fingerprint density at radius 1 is 1.80 bits per heavy atom. The fourth-order valence-corrected chi connectivity index (χ4v) is 2.00. The summed E-state index contributed by atoms with van der Waals surface area (Å²) in [4.78, 5) is 13.3. The maximum Gasteiger partial charge on any atom is 0.332 e. The average molecular weight is 213 g/mol. The summed E-state index contributed by atoms with van der Waals surface area (Å²) in [6.07, 6.45) is 1.77. The molecule has 0 aromatic heterocycles. The molecule has 1 heterocycles. The van der Waals surface area contributed by atoms with Crippen LogP contribution in [0.1, 0.15) is 20.3 Å². The SMILES string of the molecule is C=CC(=O)OC1(CC)C(C)OCCN1C. The highest BCUT2D eigenvalue weighted by molar-refractivity contribution is 5.81. The summed E-state index contributed by atoms with van der Waals surface area (Å²) in [5, 5.41) is 0. The van der Waals surface area contributed by atoms with Gasteiger partial charge in [-0.05, 0) is 14.0 Å². The molecule has 0 radical (unpaired) electrons. The lowest BCUT2D eigenvalue weighted by atomic mass is 10.0. The van der Waals surface area contributed by atoms with Crippen LogP contribution in [-0.4, -0.2) is 42.9 Å². The number of likely N-dealkylation sites (N-methyl/N-ethyl adjacent to an activating group) is 1. The normalized spacial score (nSPS) is 32.3. The first-order chi connectivity index (χ1) is 7.06. The molecule has 1 fully saturated rings. The van der Waals surface area contributed by atoms with E-state index in [0.717, 1.165) is 6.54 Å². The van der Waals surface area contributed by atoms with Crippen LogP contribution in [0.25, 0.3) is 0 Å². The molecule has 4 heteroatoms. The Labute approximate surface area is 90.8 Å². The zero-order valence-corrected chi connectivity index (χ0v) is 9.66. The van der Waals surface area contributed by atoms with Crippen molar-refractivity contribution in [3.8, 4) is 0 Å². The van der Waals surface area contributed by atoms with E-state index < -0.39 is 11.7 Å². The Hall–Kier alpha value is -0.870. The quantitative estimate of drug-likeness (QED) is 0.521. The average Bonchev–Trinajstić information content (AvgIpc) is 2.23. The molecule has 1 rings (SSSR count). The van der Waals surface area contributed by atoms with Crippen molar-refractivity contribution >= 4 is 5.97 Å². The van der Waals surface area contributed by atoms with E-state index in [2.05, 4.69) is 6.58 Å². The van der Waals surface area contributed by atoms with Crippen molar-refractivity contribution in [1.82, 2.24) is 4.90 Å². The smallest absolute Gasteiger partial charge is 0.332 e. The summed E-state index contributed by atoms with van der Waals surface area (Å²) in [6.45, 7) is 8.76. The first kappa shape index (κ1) is 12.2. The van der Waals surface area contributed by atoms with E-state index in [0.29, 0.717) is 13.0 Å². The molecule has 1 aliphatic heterocycles. The molecule has 15 heavy (non-hydrogen) atoms. The van der Waals surface area contributed by atoms with Crippen LogP contribution >= 0.6 is 0 Å². The molecule has 0 spiro atoms. The molecule has 86 valence electrons. The van der Waals surface area contributed by atoms with Gasteiger partial charge in [0.05, 0.1) is 6.61 Å². The summed E-state index contributed by atoms with van der Waals surface area (Å²) in [7, 11) is 1.94. The van der Waals surface area contributed by atoms with E-state index in [9.17, 15) is 4.79 Å². The Morgan fingerprint density at radius 3 is 2.93 bits per heavy atom. The van der Waals surface area contributed by atoms with Gasteiger partial charge < -0.3 is 9.47 Å². The van der Waals surface area contributed by atoms with E-state index in [1.165, 1.54) is 6.08 Å². The van der Waals surface area contributed by atoms with E-state index in [1.54, 1.807) is 0 Å². The van der Waals surface area contributed by atoms with Crippen LogP contribution in [0.5, 0.6) is 0 Å². The van der Waals surface area contributed by atoms with Crippen LogP contribution in [0.15, 0.2) is 12.7 Å². The van der Waals surface area contributed by atoms with Gasteiger partial charge in [-0.25, -0.2) is 4.79 Å². The second-order valence-electron chi connectivity index (χ2n) is 3.76. The fraction of sp³-hybridized carbons (Fsp3) is 0.727. The van der Waals surface area contributed by atoms with E-state index >= 15 is 0 Å². The predicted molar refractivity (Wildman–Crippen MR) is 57.4 cm³/mol. The summed E-state index contributed by atoms with van der Waals surface area (Å²) < 4.78 is 11.0. The molecule has 0 bridgehead atoms. The fourth-order valence-electron chi connectivity index (χ4n) is 2.00. The van der Waals surface area contributed by atoms with Gasteiger partial charge in [0.15, 0.2) is 5.72 Å². The van der Waals surface area contributed by atoms with Crippen molar-refractivity contribution in [1.29, 1.82) is 0 Å². The van der Waals surface area contributed by atoms with Crippen LogP contribution in [0.3, 0.4) is 0 Å². The number of morpholine rings is 1. The number of esters is 1. The predicted octanol–water partition coefficient (Wildman–Crippen LogP) is 1.17. The largest absolute Gasteiger partial charge is 0.438 e. The summed E-state index contributed by atoms with van der Waals surface area (Å²) in [5.41, 5.74) is -0.649. The van der Waals surface area contributed by atoms with E-state index in [4.69, 9.17) is 9.47 Å². The molecule has 2 unspecified atom stereocenters. The highest BCUT2D eigenvalue weighted by Crippen LogP contribution is 2.29. The van der Waals surface area contributed by atoms with Crippen LogP contribution in [0, 0.1) is 0 Å². The zero-order valence-electron chi connectivity index (χ0n) is 9.66. The lowest BCUT2D eigenvalue weighted by Gasteiger charge is -2.47. The number of rotatable bonds is 3. The highest BCUT2D eigenvalue weighted by atomic mass is 16.6. The molecular weight excluding hydrogens is 194 g/mol. The summed E-state index contributed by atoms with van der Waals surface area (Å²) in [6, 6.07) is 0. The van der Waals surface area contributed by atoms with Gasteiger partial charge in [0.1, 0.15) is 6.10 Å². The van der Waals surface area contributed by atoms with Gasteiger partial charge in [0.2, 0.25) is 0 Å². The second-order valence-corrected chi connectivity index (χ2v) is 3.76. The molecule has 0 N–H and O–H groups in total. The summed E-state index contributed by atoms with van der Waals surface area (Å²) in [5.74, 6) is -0.402. The van der Waals surface area contributed by atoms with E-state index in [1.807, 2.05) is 25.8 Å². The van der Waals surface area contributed by atoms with Gasteiger partial charge in [-0.15, -0.1) is 0 Å². The first-order valence-corrected chi connectivity index (χ1v) is 5.25. The third-order valence-electron chi connectivity index (χ3n) is 3.03. The summed E-state index contributed by atoms with van der Waals surface area (Å²) >= 11 is 0. The molecular formula is C11H19NO3. The minimum Gasteiger partial charge on any atom is -0.438 e. The third-order valence-corrected chi connectivity index (χ3v) is 3.03. The molecule has 2 atom stereocenters. The molecule has 0 saturated carbocycles. The molecule has 0 aromatic carbocycles. The Morgan fingerprint density at radius 2 is 2.47 bits per heavy atom. The van der Waals surface area contributed by atoms with Crippen LogP contribution in [0.2, 0.25) is 0 Å². The lowest BCUT2D eigenvalue weighted by molar-refractivity contribution is -0.238. The van der Waals surface area contributed by atoms with Gasteiger partial charge in [-0.2, -0.15) is 0 Å². The molecule has 1 aliphatic rings. The minimum atomic E-state index is -0.649. The standard InChI is InChI=1S/C11H19NO3/c1-5-10(13)15-11(6-2)9(3)14-8-7-12(11)4/h5,9H,1,6-8H2,2-4H3. The van der Waals surface area contributed by atoms with Crippen molar-refractivity contribution in [3.63, 3.8) is 0 Å². The Kier molecular flexibility index (Phi) is 3.88. The second kappa shape index (κ2) is 4.77. The van der Waals surface area contributed by atoms with Crippen molar-refractivity contribution < 1.29 is 14.3 Å². The number of nitrogens with zero attached hydrogens (tertiary/aromatic N) is 1. The zero-order chi connectivity index (χ0) is 11.5. The molecule has 0 aromatic rings. The number of hydrogen-bond acceptors (Lipinski definition) is 4. The van der Waals surface area contributed by atoms with Crippen LogP contribution in [-0.2, 0) is 14.3 Å². The monoisotopic (exact) mass is 213 g/mol. The van der Waals surface area contributed by atoms with Gasteiger partial charge >= 0.3 is 5.97 Å². The van der Waals surface area contributed by atoms with Gasteiger partial charge in [-0.3, -0.25) is 4.90 Å². The number of carbonyl (C=O) groups excluding carboxylic acids is 1. The lowest BCUT2D eigenvalue weighted by Crippen LogP contribution is -2.61. The van der Waals surface area contributed by atoms with Crippen LogP contribution in [0.4, 0.5) is 0 Å². The van der Waals surface area contributed by atoms with Crippen molar-refractivity contribution in [2.75, 3.05) is 20.2 Å². The Bertz CT molecular complexity index is 242. The molecule has 1 saturated heterocycles. The molecule has 0 amide bonds. The number of hydrogen-bond donors (Lipinski definition) is 0. The molecule has 4 nitrogen and oxygen atoms in total. The van der Waals surface area contributed by atoms with Crippen molar-refractivity contribution in [2.24, 2.45) is 0 Å². The maximum atomic E-state index is 11.3. The number of ether oxygens (including phenoxy) is 2. The Balaban J connectivity index is 2.87. The van der Waals surface area contributed by atoms with Crippen LogP contribution < -0.4 is 0 Å². The van der Waals surface area contributed by atoms with Gasteiger partial charge in [0, 0.05) is 19.0 Å². The van der Waals surface area contributed by atoms with Crippen molar-refractivity contribution in [2.45, 2.75) is 32.1 Å². The van der Waals surface area contributed by atoms with Gasteiger partial charge in [-0.1, -0.05) is 13.5 Å². The van der Waals surface area contributed by atoms with Crippen molar-refractivity contribution in [3.05, 3.63) is 12.7 Å². The van der Waals surface area contributed by atoms with Gasteiger partial charge in [0.25, 0.3) is 0 Å². The molecule has 0 aliphatic carbocycles. The van der Waals surface area contributed by atoms with E-state index in [-0.39, 0.29) is 6.10 Å². The minimum absolute atomic E-state index is 0.120. The maximum absolute atomic E-state index is 11.3. The number of carbonyl (C=O) groups is 1. The topological polar surface area (TPSA) is 38.8 Å². The first-order valence-electron chi connectivity index (χ1n) is 5.25.